The number of amides is 1. The molecule has 0 aliphatic rings. The number of hydrogen-bond acceptors (Lipinski definition) is 5. The molecule has 0 radical (unpaired) electrons. The van der Waals surface area contributed by atoms with Crippen molar-refractivity contribution in [1.82, 2.24) is 10.3 Å². The van der Waals surface area contributed by atoms with Crippen molar-refractivity contribution < 1.29 is 24.2 Å². The number of carboxylic acids is 1. The van der Waals surface area contributed by atoms with Crippen LogP contribution in [0.4, 0.5) is 0 Å². The van der Waals surface area contributed by atoms with E-state index in [2.05, 4.69) is 10.3 Å². The lowest BCUT2D eigenvalue weighted by Crippen LogP contribution is -2.43. The van der Waals surface area contributed by atoms with Crippen LogP contribution in [0, 0.1) is 5.92 Å². The molecule has 1 unspecified atom stereocenters. The zero-order valence-electron chi connectivity index (χ0n) is 12.6. The Balaban J connectivity index is 2.78. The van der Waals surface area contributed by atoms with E-state index in [1.807, 2.05) is 13.8 Å². The van der Waals surface area contributed by atoms with Crippen LogP contribution >= 0.6 is 11.6 Å². The molecule has 1 aromatic heterocycles. The predicted octanol–water partition coefficient (Wildman–Crippen LogP) is 1.60. The third-order valence-corrected chi connectivity index (χ3v) is 2.83. The smallest absolute Gasteiger partial charge is 0.328 e. The topological polar surface area (TPSA) is 97.8 Å². The van der Waals surface area contributed by atoms with Gasteiger partial charge in [0.05, 0.1) is 18.8 Å². The zero-order valence-corrected chi connectivity index (χ0v) is 13.4. The fourth-order valence-corrected chi connectivity index (χ4v) is 1.71. The molecular formula is C14H19ClN2O5. The molecule has 1 heterocycles. The lowest BCUT2D eigenvalue weighted by atomic mass is 10.2. The summed E-state index contributed by atoms with van der Waals surface area (Å²) in [6.07, 6.45) is 1.28. The van der Waals surface area contributed by atoms with Crippen molar-refractivity contribution in [3.63, 3.8) is 0 Å². The largest absolute Gasteiger partial charge is 0.480 e. The number of carbonyl (C=O) groups is 2. The van der Waals surface area contributed by atoms with Crippen LogP contribution in [0.2, 0.25) is 5.02 Å². The molecule has 0 saturated carbocycles. The highest BCUT2D eigenvalue weighted by atomic mass is 35.5. The Morgan fingerprint density at radius 2 is 2.09 bits per heavy atom. The Morgan fingerprint density at radius 3 is 2.59 bits per heavy atom. The molecule has 0 saturated heterocycles. The fraction of sp³-hybridized carbons (Fsp3) is 0.500. The number of halogens is 1. The van der Waals surface area contributed by atoms with Crippen LogP contribution in [0.25, 0.3) is 0 Å². The molecule has 1 rings (SSSR count). The van der Waals surface area contributed by atoms with E-state index < -0.39 is 17.9 Å². The van der Waals surface area contributed by atoms with Gasteiger partial charge in [-0.1, -0.05) is 25.4 Å². The zero-order chi connectivity index (χ0) is 16.7. The van der Waals surface area contributed by atoms with Crippen molar-refractivity contribution in [3.05, 3.63) is 22.8 Å². The van der Waals surface area contributed by atoms with Gasteiger partial charge in [-0.3, -0.25) is 4.79 Å². The number of nitrogens with one attached hydrogen (secondary N) is 1. The third-order valence-electron chi connectivity index (χ3n) is 2.56. The molecule has 0 spiro atoms. The molecule has 0 aliphatic carbocycles. The van der Waals surface area contributed by atoms with Crippen LogP contribution in [0.5, 0.6) is 5.88 Å². The minimum absolute atomic E-state index is 0.141. The Kier molecular flexibility index (Phi) is 7.07. The van der Waals surface area contributed by atoms with Crippen molar-refractivity contribution in [2.45, 2.75) is 19.9 Å². The quantitative estimate of drug-likeness (QED) is 0.751. The van der Waals surface area contributed by atoms with Gasteiger partial charge in [0.15, 0.2) is 6.04 Å². The van der Waals surface area contributed by atoms with Crippen LogP contribution < -0.4 is 10.1 Å². The molecule has 2 N–H and O–H groups in total. The van der Waals surface area contributed by atoms with Crippen LogP contribution in [-0.2, 0) is 9.53 Å². The van der Waals surface area contributed by atoms with Gasteiger partial charge in [-0.2, -0.15) is 0 Å². The second kappa shape index (κ2) is 8.55. The summed E-state index contributed by atoms with van der Waals surface area (Å²) in [6, 6.07) is 0.235. The number of aliphatic carboxylic acids is 1. The highest BCUT2D eigenvalue weighted by Crippen LogP contribution is 2.22. The minimum Gasteiger partial charge on any atom is -0.480 e. The second-order valence-electron chi connectivity index (χ2n) is 5.04. The van der Waals surface area contributed by atoms with Crippen LogP contribution in [0.3, 0.4) is 0 Å². The molecule has 0 fully saturated rings. The maximum absolute atomic E-state index is 12.0. The molecule has 1 aromatic rings. The molecular weight excluding hydrogens is 312 g/mol. The van der Waals surface area contributed by atoms with Crippen molar-refractivity contribution in [1.29, 1.82) is 0 Å². The van der Waals surface area contributed by atoms with Gasteiger partial charge in [0.25, 0.3) is 5.91 Å². The van der Waals surface area contributed by atoms with E-state index >= 15 is 0 Å². The number of nitrogens with zero attached hydrogens (tertiary/aromatic N) is 1. The van der Waals surface area contributed by atoms with Gasteiger partial charge in [-0.15, -0.1) is 0 Å². The summed E-state index contributed by atoms with van der Waals surface area (Å²) in [5.41, 5.74) is 0.143. The Hall–Kier alpha value is -1.86. The van der Waals surface area contributed by atoms with Crippen LogP contribution in [0.15, 0.2) is 12.3 Å². The lowest BCUT2D eigenvalue weighted by Gasteiger charge is -2.14. The summed E-state index contributed by atoms with van der Waals surface area (Å²) in [6.45, 7) is 4.28. The fourth-order valence-electron chi connectivity index (χ4n) is 1.48. The molecule has 22 heavy (non-hydrogen) atoms. The monoisotopic (exact) mass is 330 g/mol. The van der Waals surface area contributed by atoms with Gasteiger partial charge in [-0.05, 0) is 12.0 Å². The molecule has 0 aromatic carbocycles. The van der Waals surface area contributed by atoms with Crippen LogP contribution in [0.1, 0.15) is 24.2 Å². The minimum atomic E-state index is -1.19. The molecule has 8 heteroatoms. The number of hydrogen-bond donors (Lipinski definition) is 2. The number of aromatic nitrogens is 1. The summed E-state index contributed by atoms with van der Waals surface area (Å²) in [5, 5.41) is 11.5. The standard InChI is InChI=1S/C14H19ClN2O5/c1-8(2)6-22-13-10(15)4-9(5-16-13)12(18)17-11(7-21-3)14(19)20/h4-5,8,11H,6-7H2,1-3H3,(H,17,18)(H,19,20). The molecule has 122 valence electrons. The highest BCUT2D eigenvalue weighted by molar-refractivity contribution is 6.32. The Bertz CT molecular complexity index is 536. The van der Waals surface area contributed by atoms with Gasteiger partial charge in [-0.25, -0.2) is 9.78 Å². The normalized spacial score (nSPS) is 12.0. The first-order valence-corrected chi connectivity index (χ1v) is 7.03. The Labute approximate surface area is 133 Å². The number of methoxy groups -OCH3 is 1. The second-order valence-corrected chi connectivity index (χ2v) is 5.44. The number of ether oxygens (including phenoxy) is 2. The first kappa shape index (κ1) is 18.2. The van der Waals surface area contributed by atoms with Gasteiger partial charge < -0.3 is 19.9 Å². The molecule has 7 nitrogen and oxygen atoms in total. The predicted molar refractivity (Wildman–Crippen MR) is 80.3 cm³/mol. The van der Waals surface area contributed by atoms with Crippen molar-refractivity contribution >= 4 is 23.5 Å². The van der Waals surface area contributed by atoms with E-state index in [9.17, 15) is 9.59 Å². The molecule has 0 aliphatic heterocycles. The Morgan fingerprint density at radius 1 is 1.41 bits per heavy atom. The molecule has 0 bridgehead atoms. The van der Waals surface area contributed by atoms with Gasteiger partial charge in [0.1, 0.15) is 5.02 Å². The molecule has 1 atom stereocenters. The summed E-state index contributed by atoms with van der Waals surface area (Å²) in [7, 11) is 1.35. The van der Waals surface area contributed by atoms with Gasteiger partial charge in [0, 0.05) is 13.3 Å². The third kappa shape index (κ3) is 5.50. The first-order chi connectivity index (χ1) is 10.3. The van der Waals surface area contributed by atoms with Gasteiger partial charge in [0.2, 0.25) is 5.88 Å². The lowest BCUT2D eigenvalue weighted by molar-refractivity contribution is -0.140. The summed E-state index contributed by atoms with van der Waals surface area (Å²) >= 11 is 6.01. The van der Waals surface area contributed by atoms with Crippen molar-refractivity contribution in [3.8, 4) is 5.88 Å². The highest BCUT2D eigenvalue weighted by Gasteiger charge is 2.21. The number of rotatable bonds is 8. The van der Waals surface area contributed by atoms with E-state index in [0.717, 1.165) is 0 Å². The summed E-state index contributed by atoms with van der Waals surface area (Å²) in [4.78, 5) is 26.9. The number of pyridine rings is 1. The van der Waals surface area contributed by atoms with Crippen molar-refractivity contribution in [2.24, 2.45) is 5.92 Å². The maximum Gasteiger partial charge on any atom is 0.328 e. The van der Waals surface area contributed by atoms with E-state index in [-0.39, 0.29) is 23.1 Å². The summed E-state index contributed by atoms with van der Waals surface area (Å²) < 4.78 is 10.1. The first-order valence-electron chi connectivity index (χ1n) is 6.66. The average Bonchev–Trinajstić information content (AvgIpc) is 2.45. The van der Waals surface area contributed by atoms with E-state index in [4.69, 9.17) is 26.2 Å². The SMILES string of the molecule is COCC(NC(=O)c1cnc(OCC(C)C)c(Cl)c1)C(=O)O. The maximum atomic E-state index is 12.0. The van der Waals surface area contributed by atoms with Crippen molar-refractivity contribution in [2.75, 3.05) is 20.3 Å². The number of carbonyl (C=O) groups excluding carboxylic acids is 1. The molecule has 1 amide bonds. The van der Waals surface area contributed by atoms with Gasteiger partial charge >= 0.3 is 5.97 Å². The van der Waals surface area contributed by atoms with E-state index in [1.54, 1.807) is 0 Å². The summed E-state index contributed by atoms with van der Waals surface area (Å²) in [5.74, 6) is -1.25. The number of carboxylic acid groups (broad SMARTS) is 1. The van der Waals surface area contributed by atoms with E-state index in [1.165, 1.54) is 19.4 Å². The van der Waals surface area contributed by atoms with Crippen LogP contribution in [-0.4, -0.2) is 48.3 Å². The van der Waals surface area contributed by atoms with E-state index in [0.29, 0.717) is 12.5 Å². The average molecular weight is 331 g/mol.